The van der Waals surface area contributed by atoms with Crippen LogP contribution in [0.5, 0.6) is 0 Å². The minimum absolute atomic E-state index is 0. The highest BCUT2D eigenvalue weighted by molar-refractivity contribution is 6.30. The van der Waals surface area contributed by atoms with E-state index >= 15 is 0 Å². The van der Waals surface area contributed by atoms with Gasteiger partial charge >= 0.3 is 0 Å². The summed E-state index contributed by atoms with van der Waals surface area (Å²) in [5.41, 5.74) is 3.72. The minimum atomic E-state index is -0.402. The standard InChI is InChI=1S/C18H19ClFN5.CH4/c1-12-8-16-17(22-10-12)23-18(24-6-4-21-5-7-24)25(16)11-13-2-3-15(20)14(19)9-13;/h2-3,8-10,21H,4-7,11H2,1H3;1H4. The zero-order chi connectivity index (χ0) is 17.4. The second-order valence-corrected chi connectivity index (χ2v) is 6.75. The Labute approximate surface area is 157 Å². The number of halogens is 2. The monoisotopic (exact) mass is 375 g/mol. The van der Waals surface area contributed by atoms with E-state index in [2.05, 4.69) is 25.8 Å². The van der Waals surface area contributed by atoms with Gasteiger partial charge in [-0.1, -0.05) is 25.1 Å². The third kappa shape index (κ3) is 3.52. The van der Waals surface area contributed by atoms with E-state index < -0.39 is 5.82 Å². The van der Waals surface area contributed by atoms with Crippen molar-refractivity contribution < 1.29 is 4.39 Å². The Balaban J connectivity index is 0.00000196. The molecule has 0 unspecified atom stereocenters. The van der Waals surface area contributed by atoms with Gasteiger partial charge in [-0.2, -0.15) is 4.98 Å². The number of anilines is 1. The average Bonchev–Trinajstić information content (AvgIpc) is 2.97. The van der Waals surface area contributed by atoms with E-state index in [1.807, 2.05) is 13.1 Å². The van der Waals surface area contributed by atoms with Gasteiger partial charge in [0.05, 0.1) is 17.1 Å². The number of imidazole rings is 1. The highest BCUT2D eigenvalue weighted by Gasteiger charge is 2.20. The molecule has 26 heavy (non-hydrogen) atoms. The summed E-state index contributed by atoms with van der Waals surface area (Å²) in [6.45, 7) is 6.24. The molecule has 138 valence electrons. The Morgan fingerprint density at radius 1 is 1.23 bits per heavy atom. The van der Waals surface area contributed by atoms with Gasteiger partial charge in [-0.05, 0) is 36.2 Å². The predicted molar refractivity (Wildman–Crippen MR) is 105 cm³/mol. The molecule has 2 aromatic heterocycles. The van der Waals surface area contributed by atoms with E-state index in [0.29, 0.717) is 6.54 Å². The van der Waals surface area contributed by atoms with Gasteiger partial charge in [0.15, 0.2) is 5.65 Å². The molecule has 3 heterocycles. The molecule has 5 nitrogen and oxygen atoms in total. The lowest BCUT2D eigenvalue weighted by Gasteiger charge is -2.29. The lowest BCUT2D eigenvalue weighted by atomic mass is 10.2. The fourth-order valence-corrected chi connectivity index (χ4v) is 3.38. The summed E-state index contributed by atoms with van der Waals surface area (Å²) in [5.74, 6) is 0.496. The number of hydrogen-bond donors (Lipinski definition) is 1. The number of pyridine rings is 1. The zero-order valence-electron chi connectivity index (χ0n) is 14.0. The summed E-state index contributed by atoms with van der Waals surface area (Å²) >= 11 is 5.96. The topological polar surface area (TPSA) is 46.0 Å². The molecule has 0 bridgehead atoms. The van der Waals surface area contributed by atoms with Crippen LogP contribution in [0.1, 0.15) is 18.6 Å². The van der Waals surface area contributed by atoms with Crippen LogP contribution in [0.4, 0.5) is 10.3 Å². The van der Waals surface area contributed by atoms with Gasteiger partial charge in [0.1, 0.15) is 5.82 Å². The van der Waals surface area contributed by atoms with Crippen LogP contribution >= 0.6 is 11.6 Å². The normalized spacial score (nSPS) is 14.5. The van der Waals surface area contributed by atoms with Gasteiger partial charge in [-0.25, -0.2) is 9.37 Å². The lowest BCUT2D eigenvalue weighted by molar-refractivity contribution is 0.571. The van der Waals surface area contributed by atoms with Crippen molar-refractivity contribution >= 4 is 28.7 Å². The van der Waals surface area contributed by atoms with E-state index in [9.17, 15) is 4.39 Å². The molecule has 0 radical (unpaired) electrons. The molecule has 1 aliphatic rings. The van der Waals surface area contributed by atoms with Crippen molar-refractivity contribution in [1.82, 2.24) is 19.9 Å². The molecule has 4 rings (SSSR count). The smallest absolute Gasteiger partial charge is 0.208 e. The van der Waals surface area contributed by atoms with Crippen molar-refractivity contribution in [2.24, 2.45) is 0 Å². The number of nitrogens with one attached hydrogen (secondary N) is 1. The molecule has 1 fully saturated rings. The Morgan fingerprint density at radius 2 is 2.00 bits per heavy atom. The molecular formula is C19H23ClFN5. The van der Waals surface area contributed by atoms with Crippen LogP contribution in [0.15, 0.2) is 30.5 Å². The SMILES string of the molecule is C.Cc1cnc2nc(N3CCNCC3)n(Cc3ccc(F)c(Cl)c3)c2c1. The molecule has 0 aliphatic carbocycles. The largest absolute Gasteiger partial charge is 0.340 e. The van der Waals surface area contributed by atoms with Crippen molar-refractivity contribution in [2.75, 3.05) is 31.1 Å². The fraction of sp³-hybridized carbons (Fsp3) is 0.368. The molecule has 0 amide bonds. The first kappa shape index (κ1) is 18.6. The Bertz CT molecular complexity index is 918. The molecule has 0 saturated carbocycles. The number of hydrogen-bond acceptors (Lipinski definition) is 4. The summed E-state index contributed by atoms with van der Waals surface area (Å²) < 4.78 is 15.6. The number of rotatable bonds is 3. The molecule has 1 aromatic carbocycles. The van der Waals surface area contributed by atoms with Crippen LogP contribution in [0, 0.1) is 12.7 Å². The summed E-state index contributed by atoms with van der Waals surface area (Å²) in [5, 5.41) is 3.50. The summed E-state index contributed by atoms with van der Waals surface area (Å²) in [7, 11) is 0. The van der Waals surface area contributed by atoms with Crippen LogP contribution in [-0.4, -0.2) is 40.7 Å². The summed E-state index contributed by atoms with van der Waals surface area (Å²) in [6, 6.07) is 6.93. The first-order valence-electron chi connectivity index (χ1n) is 8.34. The van der Waals surface area contributed by atoms with Crippen LogP contribution in [0.3, 0.4) is 0 Å². The molecule has 7 heteroatoms. The quantitative estimate of drug-likeness (QED) is 0.759. The van der Waals surface area contributed by atoms with Crippen LogP contribution in [-0.2, 0) is 6.54 Å². The van der Waals surface area contributed by atoms with Gasteiger partial charge < -0.3 is 14.8 Å². The van der Waals surface area contributed by atoms with Gasteiger partial charge in [0.2, 0.25) is 5.95 Å². The van der Waals surface area contributed by atoms with Crippen molar-refractivity contribution in [3.05, 3.63) is 52.4 Å². The lowest BCUT2D eigenvalue weighted by Crippen LogP contribution is -2.44. The maximum atomic E-state index is 13.5. The van der Waals surface area contributed by atoms with E-state index in [1.54, 1.807) is 12.1 Å². The van der Waals surface area contributed by atoms with Gasteiger partial charge in [0, 0.05) is 32.4 Å². The van der Waals surface area contributed by atoms with Gasteiger partial charge in [-0.15, -0.1) is 0 Å². The Morgan fingerprint density at radius 3 is 2.73 bits per heavy atom. The van der Waals surface area contributed by atoms with Crippen molar-refractivity contribution in [3.63, 3.8) is 0 Å². The van der Waals surface area contributed by atoms with Crippen molar-refractivity contribution in [2.45, 2.75) is 20.9 Å². The number of aryl methyl sites for hydroxylation is 1. The molecule has 1 saturated heterocycles. The van der Waals surface area contributed by atoms with E-state index in [-0.39, 0.29) is 12.4 Å². The van der Waals surface area contributed by atoms with Crippen LogP contribution in [0.25, 0.3) is 11.2 Å². The average molecular weight is 376 g/mol. The van der Waals surface area contributed by atoms with Crippen LogP contribution < -0.4 is 10.2 Å². The van der Waals surface area contributed by atoms with Gasteiger partial charge in [-0.3, -0.25) is 0 Å². The van der Waals surface area contributed by atoms with E-state index in [0.717, 1.165) is 54.4 Å². The minimum Gasteiger partial charge on any atom is -0.340 e. The highest BCUT2D eigenvalue weighted by Crippen LogP contribution is 2.25. The first-order chi connectivity index (χ1) is 12.1. The van der Waals surface area contributed by atoms with E-state index in [1.165, 1.54) is 6.07 Å². The second-order valence-electron chi connectivity index (χ2n) is 6.34. The Hall–Kier alpha value is -2.18. The highest BCUT2D eigenvalue weighted by atomic mass is 35.5. The summed E-state index contributed by atoms with van der Waals surface area (Å²) in [6.07, 6.45) is 1.83. The van der Waals surface area contributed by atoms with Crippen LogP contribution in [0.2, 0.25) is 5.02 Å². The number of nitrogens with zero attached hydrogens (tertiary/aromatic N) is 4. The van der Waals surface area contributed by atoms with Crippen molar-refractivity contribution in [3.8, 4) is 0 Å². The number of benzene rings is 1. The van der Waals surface area contributed by atoms with Gasteiger partial charge in [0.25, 0.3) is 0 Å². The zero-order valence-corrected chi connectivity index (χ0v) is 14.7. The second kappa shape index (κ2) is 7.60. The number of piperazine rings is 1. The maximum absolute atomic E-state index is 13.5. The fourth-order valence-electron chi connectivity index (χ4n) is 3.18. The molecular weight excluding hydrogens is 353 g/mol. The van der Waals surface area contributed by atoms with E-state index in [4.69, 9.17) is 16.6 Å². The molecule has 3 aromatic rings. The molecule has 1 aliphatic heterocycles. The van der Waals surface area contributed by atoms with Crippen molar-refractivity contribution in [1.29, 1.82) is 0 Å². The molecule has 0 spiro atoms. The summed E-state index contributed by atoms with van der Waals surface area (Å²) in [4.78, 5) is 11.5. The molecule has 0 atom stereocenters. The number of aromatic nitrogens is 3. The number of fused-ring (bicyclic) bond motifs is 1. The first-order valence-corrected chi connectivity index (χ1v) is 8.72. The predicted octanol–water partition coefficient (Wildman–Crippen LogP) is 3.63. The molecule has 1 N–H and O–H groups in total. The third-order valence-electron chi connectivity index (χ3n) is 4.45. The maximum Gasteiger partial charge on any atom is 0.208 e. The third-order valence-corrected chi connectivity index (χ3v) is 4.74. The Kier molecular flexibility index (Phi) is 5.44.